The van der Waals surface area contributed by atoms with E-state index in [1.807, 2.05) is 13.8 Å². The van der Waals surface area contributed by atoms with E-state index in [9.17, 15) is 4.79 Å². The zero-order valence-electron chi connectivity index (χ0n) is 13.1. The van der Waals surface area contributed by atoms with Crippen LogP contribution in [0.3, 0.4) is 0 Å². The number of hydrogen-bond donors (Lipinski definition) is 1. The number of nitrogens with zero attached hydrogens (tertiary/aromatic N) is 1. The van der Waals surface area contributed by atoms with Crippen molar-refractivity contribution in [2.75, 3.05) is 13.1 Å². The average molecular weight is 256 g/mol. The molecule has 1 unspecified atom stereocenters. The van der Waals surface area contributed by atoms with E-state index in [4.69, 9.17) is 5.73 Å². The number of amides is 1. The maximum atomic E-state index is 12.8. The van der Waals surface area contributed by atoms with Crippen molar-refractivity contribution in [2.45, 2.75) is 66.8 Å². The second-order valence-electron chi connectivity index (χ2n) is 5.94. The topological polar surface area (TPSA) is 46.3 Å². The van der Waals surface area contributed by atoms with Gasteiger partial charge in [-0.25, -0.2) is 0 Å². The van der Waals surface area contributed by atoms with Crippen LogP contribution in [0.2, 0.25) is 0 Å². The summed E-state index contributed by atoms with van der Waals surface area (Å²) in [6.45, 7) is 13.9. The van der Waals surface area contributed by atoms with Gasteiger partial charge in [0.15, 0.2) is 0 Å². The summed E-state index contributed by atoms with van der Waals surface area (Å²) >= 11 is 0. The third kappa shape index (κ3) is 4.27. The molecule has 0 aliphatic heterocycles. The summed E-state index contributed by atoms with van der Waals surface area (Å²) in [5.74, 6) is 0.725. The molecule has 3 heteroatoms. The van der Waals surface area contributed by atoms with Gasteiger partial charge >= 0.3 is 0 Å². The second-order valence-corrected chi connectivity index (χ2v) is 5.94. The molecule has 2 N–H and O–H groups in total. The van der Waals surface area contributed by atoms with Crippen LogP contribution in [-0.4, -0.2) is 29.9 Å². The van der Waals surface area contributed by atoms with E-state index in [0.29, 0.717) is 18.5 Å². The average Bonchev–Trinajstić information content (AvgIpc) is 2.36. The fraction of sp³-hybridized carbons (Fsp3) is 0.933. The number of carbonyl (C=O) groups excluding carboxylic acids is 1. The molecular formula is C15H32N2O. The summed E-state index contributed by atoms with van der Waals surface area (Å²) in [6.07, 6.45) is 2.83. The van der Waals surface area contributed by atoms with Crippen LogP contribution in [0.25, 0.3) is 0 Å². The first-order valence-electron chi connectivity index (χ1n) is 7.37. The van der Waals surface area contributed by atoms with Gasteiger partial charge in [-0.15, -0.1) is 0 Å². The summed E-state index contributed by atoms with van der Waals surface area (Å²) in [5.41, 5.74) is 5.42. The zero-order valence-corrected chi connectivity index (χ0v) is 13.1. The maximum Gasteiger partial charge on any atom is 0.230 e. The minimum absolute atomic E-state index is 0.231. The lowest BCUT2D eigenvalue weighted by Gasteiger charge is -2.38. The van der Waals surface area contributed by atoms with Crippen molar-refractivity contribution in [1.82, 2.24) is 4.90 Å². The Morgan fingerprint density at radius 3 is 2.00 bits per heavy atom. The largest absolute Gasteiger partial charge is 0.339 e. The third-order valence-corrected chi connectivity index (χ3v) is 3.95. The molecular weight excluding hydrogens is 224 g/mol. The molecule has 0 aromatic rings. The fourth-order valence-electron chi connectivity index (χ4n) is 2.25. The van der Waals surface area contributed by atoms with Gasteiger partial charge in [-0.1, -0.05) is 34.6 Å². The van der Waals surface area contributed by atoms with Crippen molar-refractivity contribution < 1.29 is 4.79 Å². The van der Waals surface area contributed by atoms with Gasteiger partial charge in [0, 0.05) is 19.1 Å². The van der Waals surface area contributed by atoms with E-state index in [2.05, 4.69) is 32.6 Å². The lowest BCUT2D eigenvalue weighted by molar-refractivity contribution is -0.144. The quantitative estimate of drug-likeness (QED) is 0.725. The van der Waals surface area contributed by atoms with Gasteiger partial charge in [0.05, 0.1) is 5.41 Å². The Morgan fingerprint density at radius 1 is 1.22 bits per heavy atom. The van der Waals surface area contributed by atoms with Crippen LogP contribution in [-0.2, 0) is 4.79 Å². The third-order valence-electron chi connectivity index (χ3n) is 3.95. The minimum Gasteiger partial charge on any atom is -0.339 e. The van der Waals surface area contributed by atoms with Crippen molar-refractivity contribution in [1.29, 1.82) is 0 Å². The number of nitrogens with two attached hydrogens (primary N) is 1. The van der Waals surface area contributed by atoms with Gasteiger partial charge in [-0.3, -0.25) is 4.79 Å². The van der Waals surface area contributed by atoms with Crippen molar-refractivity contribution in [3.63, 3.8) is 0 Å². The molecule has 0 rings (SSSR count). The highest BCUT2D eigenvalue weighted by Crippen LogP contribution is 2.26. The predicted octanol–water partition coefficient (Wildman–Crippen LogP) is 3.03. The summed E-state index contributed by atoms with van der Waals surface area (Å²) in [6, 6.07) is 0.345. The molecule has 0 radical (unpaired) electrons. The fourth-order valence-corrected chi connectivity index (χ4v) is 2.25. The monoisotopic (exact) mass is 256 g/mol. The van der Waals surface area contributed by atoms with E-state index in [-0.39, 0.29) is 5.91 Å². The Morgan fingerprint density at radius 2 is 1.72 bits per heavy atom. The molecule has 0 aliphatic rings. The van der Waals surface area contributed by atoms with Gasteiger partial charge < -0.3 is 10.6 Å². The summed E-state index contributed by atoms with van der Waals surface area (Å²) in [4.78, 5) is 14.8. The van der Waals surface area contributed by atoms with E-state index in [1.165, 1.54) is 0 Å². The van der Waals surface area contributed by atoms with Crippen LogP contribution in [0.5, 0.6) is 0 Å². The van der Waals surface area contributed by atoms with Crippen LogP contribution in [0.1, 0.15) is 60.8 Å². The highest BCUT2D eigenvalue weighted by molar-refractivity contribution is 5.83. The lowest BCUT2D eigenvalue weighted by atomic mass is 9.85. The summed E-state index contributed by atoms with van der Waals surface area (Å²) < 4.78 is 0. The Hall–Kier alpha value is -0.570. The van der Waals surface area contributed by atoms with Crippen LogP contribution in [0, 0.1) is 11.3 Å². The maximum absolute atomic E-state index is 12.8. The molecule has 3 nitrogen and oxygen atoms in total. The highest BCUT2D eigenvalue weighted by Gasteiger charge is 2.36. The van der Waals surface area contributed by atoms with E-state index < -0.39 is 5.41 Å². The lowest BCUT2D eigenvalue weighted by Crippen LogP contribution is -2.51. The number of carbonyl (C=O) groups is 1. The van der Waals surface area contributed by atoms with Crippen molar-refractivity contribution >= 4 is 5.91 Å². The van der Waals surface area contributed by atoms with Crippen molar-refractivity contribution in [3.8, 4) is 0 Å². The first-order chi connectivity index (χ1) is 8.36. The Kier molecular flexibility index (Phi) is 7.53. The van der Waals surface area contributed by atoms with Crippen LogP contribution in [0.15, 0.2) is 0 Å². The molecule has 0 spiro atoms. The van der Waals surface area contributed by atoms with E-state index in [0.717, 1.165) is 25.8 Å². The molecule has 0 fully saturated rings. The molecule has 0 aromatic heterocycles. The van der Waals surface area contributed by atoms with Crippen LogP contribution >= 0.6 is 0 Å². The predicted molar refractivity (Wildman–Crippen MR) is 78.4 cm³/mol. The number of rotatable bonds is 8. The molecule has 18 heavy (non-hydrogen) atoms. The Labute approximate surface area is 113 Å². The van der Waals surface area contributed by atoms with E-state index >= 15 is 0 Å². The minimum atomic E-state index is -0.405. The SMILES string of the molecule is CCC(CC)N(CC(C)C)C(=O)C(C)(CC)CN. The van der Waals surface area contributed by atoms with Gasteiger partial charge in [-0.05, 0) is 32.1 Å². The molecule has 0 aliphatic carbocycles. The van der Waals surface area contributed by atoms with Gasteiger partial charge in [0.2, 0.25) is 5.91 Å². The molecule has 108 valence electrons. The van der Waals surface area contributed by atoms with Crippen molar-refractivity contribution in [2.24, 2.45) is 17.1 Å². The second kappa shape index (κ2) is 7.78. The highest BCUT2D eigenvalue weighted by atomic mass is 16.2. The summed E-state index contributed by atoms with van der Waals surface area (Å²) in [5, 5.41) is 0. The molecule has 1 amide bonds. The van der Waals surface area contributed by atoms with Crippen LogP contribution < -0.4 is 5.73 Å². The molecule has 0 saturated carbocycles. The smallest absolute Gasteiger partial charge is 0.230 e. The molecule has 0 heterocycles. The Bertz CT molecular complexity index is 243. The standard InChI is InChI=1S/C15H32N2O/c1-7-13(8-2)17(10-12(4)5)14(18)15(6,9-3)11-16/h12-13H,7-11,16H2,1-6H3. The molecule has 0 bridgehead atoms. The molecule has 0 saturated heterocycles. The summed E-state index contributed by atoms with van der Waals surface area (Å²) in [7, 11) is 0. The normalized spacial score (nSPS) is 14.9. The molecule has 0 aromatic carbocycles. The van der Waals surface area contributed by atoms with Gasteiger partial charge in [-0.2, -0.15) is 0 Å². The number of hydrogen-bond acceptors (Lipinski definition) is 2. The van der Waals surface area contributed by atoms with Gasteiger partial charge in [0.1, 0.15) is 0 Å². The van der Waals surface area contributed by atoms with Crippen LogP contribution in [0.4, 0.5) is 0 Å². The van der Waals surface area contributed by atoms with Gasteiger partial charge in [0.25, 0.3) is 0 Å². The molecule has 1 atom stereocenters. The van der Waals surface area contributed by atoms with E-state index in [1.54, 1.807) is 0 Å². The zero-order chi connectivity index (χ0) is 14.3. The van der Waals surface area contributed by atoms with Crippen molar-refractivity contribution in [3.05, 3.63) is 0 Å². The Balaban J connectivity index is 5.11. The first kappa shape index (κ1) is 17.4. The first-order valence-corrected chi connectivity index (χ1v) is 7.37.